The summed E-state index contributed by atoms with van der Waals surface area (Å²) in [6.45, 7) is 9.16. The number of hydrogen-bond acceptors (Lipinski definition) is 6. The average Bonchev–Trinajstić information content (AvgIpc) is 0.806. The molecule has 0 unspecified atom stereocenters. The molecule has 0 aliphatic rings. The molecule has 0 bridgehead atoms. The summed E-state index contributed by atoms with van der Waals surface area (Å²) in [6.07, 6.45) is 0. The van der Waals surface area contributed by atoms with E-state index in [1.54, 1.807) is 0 Å². The predicted molar refractivity (Wildman–Crippen MR) is 490 cm³/mol. The zero-order valence-corrected chi connectivity index (χ0v) is 66.7. The molecule has 0 N–H and O–H groups in total. The van der Waals surface area contributed by atoms with Gasteiger partial charge in [-0.05, 0) is 169 Å². The van der Waals surface area contributed by atoms with Crippen LogP contribution in [0.2, 0.25) is 0 Å². The lowest BCUT2D eigenvalue weighted by Crippen LogP contribution is -2.74. The zero-order chi connectivity index (χ0) is 78.2. The van der Waals surface area contributed by atoms with Crippen LogP contribution in [0.5, 0.6) is 0 Å². The van der Waals surface area contributed by atoms with Crippen molar-refractivity contribution in [3.8, 4) is 34.4 Å². The van der Waals surface area contributed by atoms with Crippen LogP contribution >= 0.6 is 0 Å². The van der Waals surface area contributed by atoms with E-state index in [4.69, 9.17) is 8.83 Å². The van der Waals surface area contributed by atoms with Crippen molar-refractivity contribution in [1.82, 2.24) is 0 Å². The summed E-state index contributed by atoms with van der Waals surface area (Å²) in [5.74, 6) is 0.0583. The first-order chi connectivity index (χ1) is 57.1. The van der Waals surface area contributed by atoms with Gasteiger partial charge in [0.1, 0.15) is 23.3 Å². The van der Waals surface area contributed by atoms with Gasteiger partial charge >= 0.3 is 0 Å². The van der Waals surface area contributed by atoms with Crippen molar-refractivity contribution in [1.29, 1.82) is 10.5 Å². The van der Waals surface area contributed by atoms with Crippen molar-refractivity contribution in [2.24, 2.45) is 0 Å². The monoisotopic (exact) mass is 1520 g/mol. The summed E-state index contributed by atoms with van der Waals surface area (Å²) in [7, 11) is -5.97. The van der Waals surface area contributed by atoms with Crippen molar-refractivity contribution in [2.45, 2.75) is 39.5 Å². The summed E-state index contributed by atoms with van der Waals surface area (Å²) in [5, 5.41) is 44.3. The number of para-hydroxylation sites is 4. The molecule has 18 aromatic carbocycles. The summed E-state index contributed by atoms with van der Waals surface area (Å²) >= 11 is 0. The average molecular weight is 1520 g/mol. The third kappa shape index (κ3) is 11.4. The van der Waals surface area contributed by atoms with Crippen molar-refractivity contribution < 1.29 is 8.83 Å². The maximum Gasteiger partial charge on any atom is 0.179 e. The van der Waals surface area contributed by atoms with E-state index < -0.39 is 16.1 Å². The van der Waals surface area contributed by atoms with Crippen LogP contribution in [0.1, 0.15) is 61.8 Å². The van der Waals surface area contributed by atoms with E-state index >= 15 is 0 Å². The van der Waals surface area contributed by atoms with Gasteiger partial charge in [-0.1, -0.05) is 355 Å². The van der Waals surface area contributed by atoms with Crippen LogP contribution in [0, 0.1) is 22.7 Å². The van der Waals surface area contributed by atoms with E-state index in [0.29, 0.717) is 33.7 Å². The first kappa shape index (κ1) is 70.7. The van der Waals surface area contributed by atoms with Crippen LogP contribution in [0.4, 0.5) is 34.1 Å². The molecule has 0 saturated heterocycles. The highest BCUT2D eigenvalue weighted by atomic mass is 28.3. The molecule has 20 rings (SSSR count). The van der Waals surface area contributed by atoms with Crippen molar-refractivity contribution in [3.05, 3.63) is 411 Å². The van der Waals surface area contributed by atoms with Gasteiger partial charge in [-0.2, -0.15) is 10.5 Å². The number of rotatable bonds is 18. The fraction of sp³-hybridized carbons (Fsp3) is 0.0556. The second kappa shape index (κ2) is 29.0. The van der Waals surface area contributed by atoms with Gasteiger partial charge in [-0.25, -0.2) is 0 Å². The molecule has 2 aromatic heterocycles. The Morgan fingerprint density at radius 1 is 0.241 bits per heavy atom. The highest BCUT2D eigenvalue weighted by molar-refractivity contribution is 7.20. The Kier molecular flexibility index (Phi) is 17.7. The zero-order valence-electron chi connectivity index (χ0n) is 64.7. The lowest BCUT2D eigenvalue weighted by molar-refractivity contribution is 0.668. The van der Waals surface area contributed by atoms with Crippen molar-refractivity contribution in [2.75, 3.05) is 9.80 Å². The van der Waals surface area contributed by atoms with Crippen LogP contribution in [-0.2, 0) is 0 Å². The highest BCUT2D eigenvalue weighted by Crippen LogP contribution is 2.54. The lowest BCUT2D eigenvalue weighted by Gasteiger charge is -2.34. The minimum absolute atomic E-state index is 0.0292. The Labute approximate surface area is 676 Å². The summed E-state index contributed by atoms with van der Waals surface area (Å²) in [6, 6.07) is 146. The minimum atomic E-state index is -2.99. The second-order valence-electron chi connectivity index (χ2n) is 31.1. The van der Waals surface area contributed by atoms with Gasteiger partial charge in [0.2, 0.25) is 0 Å². The predicted octanol–water partition coefficient (Wildman–Crippen LogP) is 23.4. The number of nitriles is 2. The number of hydrogen-bond donors (Lipinski definition) is 0. The molecule has 0 fully saturated rings. The molecule has 20 aromatic rings. The molecule has 0 saturated carbocycles. The maximum absolute atomic E-state index is 11.9. The van der Waals surface area contributed by atoms with Crippen LogP contribution in [0.15, 0.2) is 397 Å². The van der Waals surface area contributed by atoms with Gasteiger partial charge in [-0.15, -0.1) is 0 Å². The maximum atomic E-state index is 11.9. The fourth-order valence-electron chi connectivity index (χ4n) is 18.9. The van der Waals surface area contributed by atoms with Gasteiger partial charge in [0.15, 0.2) is 27.3 Å². The van der Waals surface area contributed by atoms with E-state index in [1.807, 2.05) is 36.4 Å². The number of fused-ring (bicyclic) bond motifs is 6. The Hall–Kier alpha value is -14.4. The molecule has 0 amide bonds. The van der Waals surface area contributed by atoms with Crippen LogP contribution in [0.3, 0.4) is 0 Å². The Morgan fingerprint density at radius 3 is 0.871 bits per heavy atom. The highest BCUT2D eigenvalue weighted by Gasteiger charge is 2.44. The lowest BCUT2D eigenvalue weighted by atomic mass is 9.84. The van der Waals surface area contributed by atoms with E-state index in [2.05, 4.69) is 401 Å². The molecule has 550 valence electrons. The van der Waals surface area contributed by atoms with Crippen LogP contribution in [-0.4, -0.2) is 16.1 Å². The van der Waals surface area contributed by atoms with E-state index in [9.17, 15) is 10.5 Å². The summed E-state index contributed by atoms with van der Waals surface area (Å²) in [5.41, 5.74) is 15.1. The van der Waals surface area contributed by atoms with Crippen LogP contribution < -0.4 is 51.3 Å². The largest absolute Gasteiger partial charge is 0.454 e. The second-order valence-corrected chi connectivity index (χ2v) is 38.7. The molecule has 0 spiro atoms. The minimum Gasteiger partial charge on any atom is -0.454 e. The Balaban J connectivity index is 0.844. The van der Waals surface area contributed by atoms with Gasteiger partial charge in [0.25, 0.3) is 0 Å². The Bertz CT molecular complexity index is 6620. The number of furan rings is 2. The van der Waals surface area contributed by atoms with Gasteiger partial charge in [-0.3, -0.25) is 0 Å². The van der Waals surface area contributed by atoms with Crippen molar-refractivity contribution >= 4 is 168 Å². The van der Waals surface area contributed by atoms with Gasteiger partial charge in [0, 0.05) is 32.3 Å². The topological polar surface area (TPSA) is 80.3 Å². The standard InChI is InChI=1S/C108H78N4O2Si2/c1-71(2)95-67-101(111(97-51-29-49-91-87-47-23-25-53-103(87)113-107(91)97)99-65-75(55-57-77(99)69-109)73-31-27-45-85(63-73)115(79-33-11-5-12-34-79,80-35-13-6-14-36-80)81-37-15-7-16-38-81)93-62-60-90-96(72(3)4)68-102(94-61-59-89(95)105(93)106(90)94)112(98-52-30-50-92-88-48-24-26-54-104(88)114-108(92)98)100-66-76(56-58-78(100)70-110)74-32-28-46-86(64-74)116(82-39-17-8-18-40-82,83-41-19-9-20-42-83)84-43-21-10-22-44-84/h5-68,71-72H,1-4H3. The SMILES string of the molecule is CC(C)c1cc(N(c2cc(-c3cccc([Si](c4ccccc4)(c4ccccc4)c4ccccc4)c3)ccc2C#N)c2cccc3c2oc2ccccc23)c2ccc3c(C(C)C)cc(N(c4cc(-c5cccc([Si](c6ccccc6)(c6ccccc6)c6ccccc6)c5)ccc4C#N)c4cccc5c4oc4ccccc45)c4ccc1c2c34. The molecule has 116 heavy (non-hydrogen) atoms. The molecule has 6 nitrogen and oxygen atoms in total. The first-order valence-corrected chi connectivity index (χ1v) is 43.9. The molecular formula is C108H78N4O2Si2. The quantitative estimate of drug-likeness (QED) is 0.0484. The number of anilines is 6. The molecule has 8 heteroatoms. The van der Waals surface area contributed by atoms with Crippen LogP contribution in [0.25, 0.3) is 98.4 Å². The third-order valence-electron chi connectivity index (χ3n) is 24.1. The first-order valence-electron chi connectivity index (χ1n) is 39.9. The molecule has 0 atom stereocenters. The number of nitrogens with zero attached hydrogens (tertiary/aromatic N) is 4. The molecule has 0 aliphatic heterocycles. The fourth-order valence-corrected chi connectivity index (χ4v) is 28.5. The van der Waals surface area contributed by atoms with E-state index in [-0.39, 0.29) is 11.8 Å². The normalized spacial score (nSPS) is 11.9. The molecule has 0 aliphatic carbocycles. The smallest absolute Gasteiger partial charge is 0.179 e. The summed E-state index contributed by atoms with van der Waals surface area (Å²) < 4.78 is 14.3. The Morgan fingerprint density at radius 2 is 0.534 bits per heavy atom. The molecule has 2 heterocycles. The van der Waals surface area contributed by atoms with Crippen molar-refractivity contribution in [3.63, 3.8) is 0 Å². The molecular weight excluding hydrogens is 1440 g/mol. The number of benzene rings is 18. The molecule has 0 radical (unpaired) electrons. The van der Waals surface area contributed by atoms with Gasteiger partial charge < -0.3 is 18.6 Å². The summed E-state index contributed by atoms with van der Waals surface area (Å²) in [4.78, 5) is 4.66. The van der Waals surface area contributed by atoms with E-state index in [1.165, 1.54) is 41.5 Å². The third-order valence-corrected chi connectivity index (χ3v) is 33.7. The van der Waals surface area contributed by atoms with Gasteiger partial charge in [0.05, 0.1) is 45.3 Å². The van der Waals surface area contributed by atoms with E-state index in [0.717, 1.165) is 121 Å².